The number of nitriles is 1. The van der Waals surface area contributed by atoms with Crippen molar-refractivity contribution in [3.8, 4) is 11.8 Å². The first-order chi connectivity index (χ1) is 11.8. The molecule has 0 saturated carbocycles. The van der Waals surface area contributed by atoms with Crippen molar-refractivity contribution in [3.63, 3.8) is 0 Å². The molecule has 2 aromatic carbocycles. The van der Waals surface area contributed by atoms with Crippen molar-refractivity contribution in [3.05, 3.63) is 89.2 Å². The molecule has 0 spiro atoms. The maximum atomic E-state index is 9.06. The first-order valence-electron chi connectivity index (χ1n) is 7.65. The van der Waals surface area contributed by atoms with Crippen LogP contribution in [-0.4, -0.2) is 10.8 Å². The summed E-state index contributed by atoms with van der Waals surface area (Å²) in [4.78, 5) is 5.36. The molecule has 3 aromatic rings. The van der Waals surface area contributed by atoms with Gasteiger partial charge in [-0.25, -0.2) is 0 Å². The predicted molar refractivity (Wildman–Crippen MR) is 94.0 cm³/mol. The highest BCUT2D eigenvalue weighted by molar-refractivity contribution is 5.78. The normalized spacial score (nSPS) is 10.7. The Labute approximate surface area is 141 Å². The van der Waals surface area contributed by atoms with Crippen molar-refractivity contribution in [1.82, 2.24) is 4.57 Å². The van der Waals surface area contributed by atoms with Gasteiger partial charge in [-0.1, -0.05) is 35.5 Å². The zero-order chi connectivity index (χ0) is 16.8. The molecule has 118 valence electrons. The Kier molecular flexibility index (Phi) is 4.73. The smallest absolute Gasteiger partial charge is 0.143 e. The van der Waals surface area contributed by atoms with Crippen LogP contribution in [0, 0.1) is 18.3 Å². The Balaban J connectivity index is 1.70. The van der Waals surface area contributed by atoms with Crippen LogP contribution in [0.1, 0.15) is 22.4 Å². The highest BCUT2D eigenvalue weighted by Gasteiger charge is 2.02. The summed E-state index contributed by atoms with van der Waals surface area (Å²) in [5.74, 6) is 0. The summed E-state index contributed by atoms with van der Waals surface area (Å²) in [7, 11) is 0. The van der Waals surface area contributed by atoms with Gasteiger partial charge in [0, 0.05) is 17.4 Å². The molecule has 0 aliphatic rings. The van der Waals surface area contributed by atoms with E-state index < -0.39 is 0 Å². The molecule has 0 N–H and O–H groups in total. The summed E-state index contributed by atoms with van der Waals surface area (Å²) >= 11 is 0. The van der Waals surface area contributed by atoms with Gasteiger partial charge in [0.2, 0.25) is 0 Å². The number of aromatic nitrogens is 1. The summed E-state index contributed by atoms with van der Waals surface area (Å²) in [5.41, 5.74) is 4.64. The quantitative estimate of drug-likeness (QED) is 0.523. The Morgan fingerprint density at radius 1 is 1.12 bits per heavy atom. The van der Waals surface area contributed by atoms with Crippen LogP contribution in [0.3, 0.4) is 0 Å². The van der Waals surface area contributed by atoms with Gasteiger partial charge in [0.05, 0.1) is 23.5 Å². The van der Waals surface area contributed by atoms with Crippen molar-refractivity contribution in [2.45, 2.75) is 13.5 Å². The van der Waals surface area contributed by atoms with E-state index in [1.807, 2.05) is 53.2 Å². The monoisotopic (exact) mass is 315 g/mol. The summed E-state index contributed by atoms with van der Waals surface area (Å²) < 4.78 is 2.04. The van der Waals surface area contributed by atoms with E-state index >= 15 is 0 Å². The summed E-state index contributed by atoms with van der Waals surface area (Å²) in [6, 6.07) is 21.7. The van der Waals surface area contributed by atoms with E-state index in [4.69, 9.17) is 10.1 Å². The Morgan fingerprint density at radius 2 is 2.00 bits per heavy atom. The Bertz CT molecular complexity index is 903. The third kappa shape index (κ3) is 3.53. The first-order valence-corrected chi connectivity index (χ1v) is 7.65. The summed E-state index contributed by atoms with van der Waals surface area (Å²) in [6.07, 6.45) is 3.67. The van der Waals surface area contributed by atoms with Crippen molar-refractivity contribution in [2.24, 2.45) is 5.16 Å². The van der Waals surface area contributed by atoms with Crippen molar-refractivity contribution in [1.29, 1.82) is 5.26 Å². The third-order valence-corrected chi connectivity index (χ3v) is 3.68. The lowest BCUT2D eigenvalue weighted by Gasteiger charge is -2.07. The van der Waals surface area contributed by atoms with Gasteiger partial charge in [-0.15, -0.1) is 0 Å². The highest BCUT2D eigenvalue weighted by Crippen LogP contribution is 2.13. The van der Waals surface area contributed by atoms with E-state index in [0.717, 1.165) is 16.9 Å². The van der Waals surface area contributed by atoms with E-state index in [1.165, 1.54) is 5.56 Å². The average Bonchev–Trinajstić information content (AvgIpc) is 3.07. The molecule has 0 bridgehead atoms. The number of nitrogens with zero attached hydrogens (tertiary/aromatic N) is 3. The largest absolute Gasteiger partial charge is 0.391 e. The lowest BCUT2D eigenvalue weighted by molar-refractivity contribution is 0.132. The van der Waals surface area contributed by atoms with Gasteiger partial charge >= 0.3 is 0 Å². The van der Waals surface area contributed by atoms with Gasteiger partial charge in [0.15, 0.2) is 0 Å². The second-order valence-corrected chi connectivity index (χ2v) is 5.42. The SMILES string of the molecule is Cc1cccc(-n2cccc2/C=N\OCc2ccccc2C#N)c1. The van der Waals surface area contributed by atoms with Crippen molar-refractivity contribution in [2.75, 3.05) is 0 Å². The summed E-state index contributed by atoms with van der Waals surface area (Å²) in [6.45, 7) is 2.34. The van der Waals surface area contributed by atoms with Gasteiger partial charge in [-0.2, -0.15) is 5.26 Å². The molecule has 4 nitrogen and oxygen atoms in total. The number of hydrogen-bond donors (Lipinski definition) is 0. The van der Waals surface area contributed by atoms with Crippen LogP contribution >= 0.6 is 0 Å². The molecule has 0 aliphatic heterocycles. The van der Waals surface area contributed by atoms with E-state index in [-0.39, 0.29) is 6.61 Å². The molecule has 0 atom stereocenters. The average molecular weight is 315 g/mol. The third-order valence-electron chi connectivity index (χ3n) is 3.68. The second kappa shape index (κ2) is 7.30. The molecule has 0 radical (unpaired) electrons. The topological polar surface area (TPSA) is 50.3 Å². The van der Waals surface area contributed by atoms with Crippen molar-refractivity contribution < 1.29 is 4.84 Å². The molecular formula is C20H17N3O. The van der Waals surface area contributed by atoms with Gasteiger partial charge in [-0.05, 0) is 42.8 Å². The second-order valence-electron chi connectivity index (χ2n) is 5.42. The van der Waals surface area contributed by atoms with Crippen LogP contribution in [-0.2, 0) is 11.4 Å². The van der Waals surface area contributed by atoms with Crippen LogP contribution in [0.5, 0.6) is 0 Å². The molecule has 0 amide bonds. The van der Waals surface area contributed by atoms with Gasteiger partial charge in [-0.3, -0.25) is 0 Å². The van der Waals surface area contributed by atoms with Gasteiger partial charge in [0.25, 0.3) is 0 Å². The fourth-order valence-corrected chi connectivity index (χ4v) is 2.47. The number of aryl methyl sites for hydroxylation is 1. The maximum Gasteiger partial charge on any atom is 0.143 e. The highest BCUT2D eigenvalue weighted by atomic mass is 16.6. The number of hydrogen-bond acceptors (Lipinski definition) is 3. The van der Waals surface area contributed by atoms with Crippen LogP contribution in [0.25, 0.3) is 5.69 Å². The molecule has 0 saturated heterocycles. The molecule has 1 aromatic heterocycles. The molecule has 3 rings (SSSR count). The number of benzene rings is 2. The lowest BCUT2D eigenvalue weighted by Crippen LogP contribution is -1.99. The Hall–Kier alpha value is -3.32. The zero-order valence-electron chi connectivity index (χ0n) is 13.4. The van der Waals surface area contributed by atoms with E-state index in [1.54, 1.807) is 12.3 Å². The predicted octanol–water partition coefficient (Wildman–Crippen LogP) is 4.21. The molecule has 1 heterocycles. The molecular weight excluding hydrogens is 298 g/mol. The van der Waals surface area contributed by atoms with Crippen LogP contribution in [0.2, 0.25) is 0 Å². The molecule has 4 heteroatoms. The van der Waals surface area contributed by atoms with Crippen molar-refractivity contribution >= 4 is 6.21 Å². The summed E-state index contributed by atoms with van der Waals surface area (Å²) in [5, 5.41) is 13.1. The van der Waals surface area contributed by atoms with Crippen LogP contribution < -0.4 is 0 Å². The first kappa shape index (κ1) is 15.6. The van der Waals surface area contributed by atoms with E-state index in [2.05, 4.69) is 30.3 Å². The van der Waals surface area contributed by atoms with E-state index in [0.29, 0.717) is 5.56 Å². The fraction of sp³-hybridized carbons (Fsp3) is 0.100. The molecule has 0 unspecified atom stereocenters. The number of rotatable bonds is 5. The number of oxime groups is 1. The zero-order valence-corrected chi connectivity index (χ0v) is 13.4. The minimum Gasteiger partial charge on any atom is -0.391 e. The van der Waals surface area contributed by atoms with Gasteiger partial charge < -0.3 is 9.40 Å². The van der Waals surface area contributed by atoms with Crippen LogP contribution in [0.15, 0.2) is 72.0 Å². The Morgan fingerprint density at radius 3 is 2.83 bits per heavy atom. The minimum atomic E-state index is 0.269. The fourth-order valence-electron chi connectivity index (χ4n) is 2.47. The molecule has 0 aliphatic carbocycles. The van der Waals surface area contributed by atoms with Gasteiger partial charge in [0.1, 0.15) is 6.61 Å². The molecule has 24 heavy (non-hydrogen) atoms. The maximum absolute atomic E-state index is 9.06. The molecule has 0 fully saturated rings. The van der Waals surface area contributed by atoms with E-state index in [9.17, 15) is 0 Å². The standard InChI is InChI=1S/C20H17N3O/c1-16-6-4-9-19(12-16)23-11-5-10-20(23)14-22-24-15-18-8-3-2-7-17(18)13-21/h2-12,14H,15H2,1H3/b22-14-. The minimum absolute atomic E-state index is 0.269. The lowest BCUT2D eigenvalue weighted by atomic mass is 10.1. The van der Waals surface area contributed by atoms with Crippen LogP contribution in [0.4, 0.5) is 0 Å².